The van der Waals surface area contributed by atoms with Crippen molar-refractivity contribution in [3.05, 3.63) is 143 Å². The predicted octanol–water partition coefficient (Wildman–Crippen LogP) is 8.68. The first kappa shape index (κ1) is 22.2. The molecule has 0 spiro atoms. The highest BCUT2D eigenvalue weighted by Gasteiger charge is 2.45. The summed E-state index contributed by atoms with van der Waals surface area (Å²) in [6.45, 7) is 4.64. The van der Waals surface area contributed by atoms with Crippen LogP contribution in [0.15, 0.2) is 109 Å². The van der Waals surface area contributed by atoms with Crippen molar-refractivity contribution in [1.82, 2.24) is 0 Å². The molecule has 1 aliphatic rings. The van der Waals surface area contributed by atoms with Gasteiger partial charge >= 0.3 is 0 Å². The Bertz CT molecular complexity index is 1260. The van der Waals surface area contributed by atoms with E-state index in [9.17, 15) is 8.78 Å². The lowest BCUT2D eigenvalue weighted by molar-refractivity contribution is 0.627. The van der Waals surface area contributed by atoms with E-state index in [4.69, 9.17) is 0 Å². The molecule has 3 heteroatoms. The summed E-state index contributed by atoms with van der Waals surface area (Å²) in [4.78, 5) is 0. The van der Waals surface area contributed by atoms with Crippen molar-refractivity contribution in [2.45, 2.75) is 19.5 Å². The maximum absolute atomic E-state index is 13.9. The Labute approximate surface area is 200 Å². The van der Waals surface area contributed by atoms with E-state index in [0.29, 0.717) is 0 Å². The molecule has 0 N–H and O–H groups in total. The highest BCUT2D eigenvalue weighted by Crippen LogP contribution is 2.56. The maximum Gasteiger partial charge on any atom is 0.123 e. The third kappa shape index (κ3) is 3.76. The summed E-state index contributed by atoms with van der Waals surface area (Å²) < 4.78 is 27.9. The van der Waals surface area contributed by atoms with E-state index in [1.165, 1.54) is 21.5 Å². The van der Waals surface area contributed by atoms with Gasteiger partial charge < -0.3 is 0 Å². The van der Waals surface area contributed by atoms with Crippen molar-refractivity contribution < 1.29 is 8.78 Å². The fraction of sp³-hybridized carbons (Fsp3) is 0.0968. The Morgan fingerprint density at radius 2 is 0.853 bits per heavy atom. The zero-order chi connectivity index (χ0) is 23.7. The third-order valence-electron chi connectivity index (χ3n) is 6.95. The second-order valence-corrected chi connectivity index (χ2v) is 13.3. The molecular weight excluding hydrogens is 438 g/mol. The lowest BCUT2D eigenvalue weighted by atomic mass is 9.89. The van der Waals surface area contributed by atoms with E-state index >= 15 is 0 Å². The molecule has 0 radical (unpaired) electrons. The van der Waals surface area contributed by atoms with Gasteiger partial charge in [-0.1, -0.05) is 104 Å². The zero-order valence-electron chi connectivity index (χ0n) is 19.4. The topological polar surface area (TPSA) is 0 Å². The molecular formula is C31H26F2Si. The molecule has 0 aromatic heterocycles. The van der Waals surface area contributed by atoms with Gasteiger partial charge in [-0.15, -0.1) is 0 Å². The molecule has 0 aliphatic carbocycles. The Morgan fingerprint density at radius 3 is 1.18 bits per heavy atom. The van der Waals surface area contributed by atoms with E-state index in [0.717, 1.165) is 28.3 Å². The number of rotatable bonds is 5. The first-order valence-electron chi connectivity index (χ1n) is 11.7. The molecule has 1 heterocycles. The molecule has 0 atom stereocenters. The van der Waals surface area contributed by atoms with Gasteiger partial charge in [-0.05, 0) is 68.1 Å². The van der Waals surface area contributed by atoms with Crippen LogP contribution in [0.5, 0.6) is 0 Å². The molecule has 0 saturated carbocycles. The summed E-state index contributed by atoms with van der Waals surface area (Å²) >= 11 is 0. The van der Waals surface area contributed by atoms with Crippen LogP contribution >= 0.6 is 0 Å². The summed E-state index contributed by atoms with van der Waals surface area (Å²) in [5.74, 6) is -0.475. The maximum atomic E-state index is 13.9. The standard InChI is InChI=1S/C31H26F2Si/c1-3-34(2)30(24-14-18-26(32)19-15-24)28(22-10-6-4-7-11-22)29(23-12-8-5-9-13-23)31(34)25-16-20-27(33)21-17-25/h4-21H,3H2,1-2H3. The van der Waals surface area contributed by atoms with Crippen LogP contribution in [0.4, 0.5) is 8.78 Å². The molecule has 1 aliphatic heterocycles. The number of benzene rings is 4. The van der Waals surface area contributed by atoms with Gasteiger partial charge in [0, 0.05) is 0 Å². The van der Waals surface area contributed by atoms with E-state index in [-0.39, 0.29) is 11.6 Å². The van der Waals surface area contributed by atoms with Gasteiger partial charge in [0.25, 0.3) is 0 Å². The van der Waals surface area contributed by atoms with Crippen molar-refractivity contribution in [2.75, 3.05) is 0 Å². The van der Waals surface area contributed by atoms with Crippen LogP contribution in [0.3, 0.4) is 0 Å². The highest BCUT2D eigenvalue weighted by atomic mass is 28.3. The van der Waals surface area contributed by atoms with Gasteiger partial charge in [0.2, 0.25) is 0 Å². The van der Waals surface area contributed by atoms with Crippen LogP contribution < -0.4 is 0 Å². The van der Waals surface area contributed by atoms with Crippen LogP contribution in [0.25, 0.3) is 21.5 Å². The minimum atomic E-state index is -2.31. The molecule has 168 valence electrons. The van der Waals surface area contributed by atoms with Crippen molar-refractivity contribution >= 4 is 29.6 Å². The normalized spacial score (nSPS) is 15.2. The van der Waals surface area contributed by atoms with E-state index in [1.807, 2.05) is 36.4 Å². The Hall–Kier alpha value is -3.56. The summed E-state index contributed by atoms with van der Waals surface area (Å²) in [6.07, 6.45) is 0. The highest BCUT2D eigenvalue weighted by molar-refractivity contribution is 7.13. The molecule has 4 aromatic carbocycles. The zero-order valence-corrected chi connectivity index (χ0v) is 20.4. The lowest BCUT2D eigenvalue weighted by Gasteiger charge is -2.29. The monoisotopic (exact) mass is 464 g/mol. The van der Waals surface area contributed by atoms with Crippen molar-refractivity contribution in [3.63, 3.8) is 0 Å². The SMILES string of the molecule is CC[Si]1(C)C(c2ccc(F)cc2)=C(c2ccccc2)C(c2ccccc2)=C1c1ccc(F)cc1. The lowest BCUT2D eigenvalue weighted by Crippen LogP contribution is -2.32. The predicted molar refractivity (Wildman–Crippen MR) is 141 cm³/mol. The Balaban J connectivity index is 1.92. The molecule has 0 nitrogen and oxygen atoms in total. The van der Waals surface area contributed by atoms with Crippen LogP contribution in [0.1, 0.15) is 29.2 Å². The summed E-state index contributed by atoms with van der Waals surface area (Å²) in [5, 5.41) is 2.61. The average Bonchev–Trinajstić information content (AvgIpc) is 3.16. The van der Waals surface area contributed by atoms with Crippen molar-refractivity contribution in [3.8, 4) is 0 Å². The van der Waals surface area contributed by atoms with E-state index < -0.39 is 8.07 Å². The van der Waals surface area contributed by atoms with Gasteiger partial charge in [-0.25, -0.2) is 8.78 Å². The Kier molecular flexibility index (Phi) is 5.89. The van der Waals surface area contributed by atoms with E-state index in [2.05, 4.69) is 62.0 Å². The quantitative estimate of drug-likeness (QED) is 0.259. The number of halogens is 2. The third-order valence-corrected chi connectivity index (χ3v) is 11.7. The van der Waals surface area contributed by atoms with Gasteiger partial charge in [0.1, 0.15) is 19.7 Å². The first-order chi connectivity index (χ1) is 16.5. The molecule has 5 rings (SSSR count). The minimum absolute atomic E-state index is 0.238. The summed E-state index contributed by atoms with van der Waals surface area (Å²) in [6, 6.07) is 35.7. The first-order valence-corrected chi connectivity index (χ1v) is 14.4. The molecule has 0 saturated heterocycles. The molecule has 0 amide bonds. The summed E-state index contributed by atoms with van der Waals surface area (Å²) in [5.41, 5.74) is 6.81. The van der Waals surface area contributed by atoms with Gasteiger partial charge in [0.05, 0.1) is 0 Å². The van der Waals surface area contributed by atoms with Gasteiger partial charge in [-0.3, -0.25) is 0 Å². The minimum Gasteiger partial charge on any atom is -0.207 e. The molecule has 0 bridgehead atoms. The van der Waals surface area contributed by atoms with Crippen LogP contribution in [-0.2, 0) is 0 Å². The molecule has 4 aromatic rings. The van der Waals surface area contributed by atoms with Crippen LogP contribution in [-0.4, -0.2) is 8.07 Å². The smallest absolute Gasteiger partial charge is 0.123 e. The number of hydrogen-bond donors (Lipinski definition) is 0. The average molecular weight is 465 g/mol. The second kappa shape index (κ2) is 9.00. The number of allylic oxidation sites excluding steroid dienone is 2. The number of hydrogen-bond acceptors (Lipinski definition) is 0. The molecule has 0 fully saturated rings. The van der Waals surface area contributed by atoms with Crippen LogP contribution in [0.2, 0.25) is 12.6 Å². The van der Waals surface area contributed by atoms with Gasteiger partial charge in [-0.2, -0.15) is 0 Å². The van der Waals surface area contributed by atoms with Crippen molar-refractivity contribution in [1.29, 1.82) is 0 Å². The van der Waals surface area contributed by atoms with E-state index in [1.54, 1.807) is 24.3 Å². The van der Waals surface area contributed by atoms with Gasteiger partial charge in [0.15, 0.2) is 0 Å². The fourth-order valence-corrected chi connectivity index (χ4v) is 9.43. The largest absolute Gasteiger partial charge is 0.207 e. The van der Waals surface area contributed by atoms with Crippen LogP contribution in [0, 0.1) is 11.6 Å². The second-order valence-electron chi connectivity index (χ2n) is 8.93. The molecule has 0 unspecified atom stereocenters. The van der Waals surface area contributed by atoms with Crippen molar-refractivity contribution in [2.24, 2.45) is 0 Å². The Morgan fingerprint density at radius 1 is 0.500 bits per heavy atom. The summed E-state index contributed by atoms with van der Waals surface area (Å²) in [7, 11) is -2.31. The fourth-order valence-electron chi connectivity index (χ4n) is 5.23. The molecule has 34 heavy (non-hydrogen) atoms.